The van der Waals surface area contributed by atoms with Crippen LogP contribution in [-0.2, 0) is 20.7 Å². The molecule has 0 aliphatic heterocycles. The molecular weight excluding hydrogens is 278 g/mol. The van der Waals surface area contributed by atoms with E-state index in [4.69, 9.17) is 4.74 Å². The van der Waals surface area contributed by atoms with E-state index in [2.05, 4.69) is 19.1 Å². The van der Waals surface area contributed by atoms with Gasteiger partial charge in [0.15, 0.2) is 0 Å². The predicted molar refractivity (Wildman–Crippen MR) is 87.4 cm³/mol. The molecule has 0 aliphatic carbocycles. The van der Waals surface area contributed by atoms with Gasteiger partial charge in [0.2, 0.25) is 5.91 Å². The zero-order valence-corrected chi connectivity index (χ0v) is 13.9. The number of carbonyl (C=O) groups is 2. The number of rotatable bonds is 9. The molecule has 0 bridgehead atoms. The lowest BCUT2D eigenvalue weighted by molar-refractivity contribution is -0.146. The van der Waals surface area contributed by atoms with E-state index in [9.17, 15) is 9.59 Å². The Morgan fingerprint density at radius 2 is 1.91 bits per heavy atom. The molecule has 0 spiro atoms. The highest BCUT2D eigenvalue weighted by Gasteiger charge is 2.21. The number of hydrogen-bond donors (Lipinski definition) is 0. The summed E-state index contributed by atoms with van der Waals surface area (Å²) in [5.41, 5.74) is 1.20. The van der Waals surface area contributed by atoms with Crippen LogP contribution in [0, 0.1) is 5.92 Å². The van der Waals surface area contributed by atoms with Gasteiger partial charge >= 0.3 is 5.97 Å². The summed E-state index contributed by atoms with van der Waals surface area (Å²) in [5, 5.41) is 0. The maximum Gasteiger partial charge on any atom is 0.310 e. The zero-order valence-electron chi connectivity index (χ0n) is 13.9. The Kier molecular flexibility index (Phi) is 8.26. The first-order valence-corrected chi connectivity index (χ1v) is 7.98. The van der Waals surface area contributed by atoms with Gasteiger partial charge in [-0.3, -0.25) is 9.59 Å². The van der Waals surface area contributed by atoms with Crippen LogP contribution in [0.3, 0.4) is 0 Å². The van der Waals surface area contributed by atoms with E-state index in [1.54, 1.807) is 11.8 Å². The molecule has 1 aromatic carbocycles. The molecule has 122 valence electrons. The normalized spacial score (nSPS) is 11.8. The summed E-state index contributed by atoms with van der Waals surface area (Å²) >= 11 is 0. The lowest BCUT2D eigenvalue weighted by Crippen LogP contribution is -2.38. The van der Waals surface area contributed by atoms with Crippen LogP contribution in [0.4, 0.5) is 0 Å². The van der Waals surface area contributed by atoms with E-state index in [-0.39, 0.29) is 17.8 Å². The first kappa shape index (κ1) is 18.2. The van der Waals surface area contributed by atoms with E-state index < -0.39 is 0 Å². The van der Waals surface area contributed by atoms with Gasteiger partial charge in [-0.25, -0.2) is 0 Å². The number of unbranched alkanes of at least 4 members (excludes halogenated alkanes) is 1. The third kappa shape index (κ3) is 6.29. The fourth-order valence-electron chi connectivity index (χ4n) is 2.32. The molecule has 0 fully saturated rings. The molecule has 0 saturated heterocycles. The van der Waals surface area contributed by atoms with E-state index in [0.29, 0.717) is 19.5 Å². The standard InChI is InChI=1S/C18H27NO3/c1-4-5-11-17(20)19(14-15(2)18(21)22-3)13-12-16-9-7-6-8-10-16/h6-10,15H,4-5,11-14H2,1-3H3. The van der Waals surface area contributed by atoms with Gasteiger partial charge in [-0.15, -0.1) is 0 Å². The van der Waals surface area contributed by atoms with Gasteiger partial charge in [-0.2, -0.15) is 0 Å². The number of benzene rings is 1. The van der Waals surface area contributed by atoms with Crippen molar-refractivity contribution in [2.45, 2.75) is 39.5 Å². The van der Waals surface area contributed by atoms with Crippen molar-refractivity contribution in [1.29, 1.82) is 0 Å². The molecule has 1 atom stereocenters. The number of nitrogens with zero attached hydrogens (tertiary/aromatic N) is 1. The molecule has 22 heavy (non-hydrogen) atoms. The number of ether oxygens (including phenoxy) is 1. The lowest BCUT2D eigenvalue weighted by Gasteiger charge is -2.25. The summed E-state index contributed by atoms with van der Waals surface area (Å²) in [7, 11) is 1.38. The Hall–Kier alpha value is -1.84. The monoisotopic (exact) mass is 305 g/mol. The Morgan fingerprint density at radius 3 is 2.50 bits per heavy atom. The van der Waals surface area contributed by atoms with Crippen LogP contribution in [0.1, 0.15) is 38.7 Å². The third-order valence-corrected chi connectivity index (χ3v) is 3.71. The minimum absolute atomic E-state index is 0.119. The van der Waals surface area contributed by atoms with Gasteiger partial charge in [0, 0.05) is 19.5 Å². The molecule has 1 unspecified atom stereocenters. The second-order valence-corrected chi connectivity index (χ2v) is 5.60. The van der Waals surface area contributed by atoms with Crippen molar-refractivity contribution in [2.24, 2.45) is 5.92 Å². The highest BCUT2D eigenvalue weighted by atomic mass is 16.5. The van der Waals surface area contributed by atoms with Gasteiger partial charge in [0.05, 0.1) is 13.0 Å². The molecule has 0 radical (unpaired) electrons. The molecule has 1 aromatic rings. The molecule has 0 N–H and O–H groups in total. The van der Waals surface area contributed by atoms with Gasteiger partial charge < -0.3 is 9.64 Å². The average Bonchev–Trinajstić information content (AvgIpc) is 2.56. The van der Waals surface area contributed by atoms with Crippen molar-refractivity contribution in [3.63, 3.8) is 0 Å². The highest BCUT2D eigenvalue weighted by Crippen LogP contribution is 2.09. The van der Waals surface area contributed by atoms with Crippen LogP contribution in [0.5, 0.6) is 0 Å². The van der Waals surface area contributed by atoms with Crippen molar-refractivity contribution in [3.8, 4) is 0 Å². The molecule has 0 heterocycles. The maximum atomic E-state index is 12.3. The lowest BCUT2D eigenvalue weighted by atomic mass is 10.1. The van der Waals surface area contributed by atoms with E-state index >= 15 is 0 Å². The number of amides is 1. The number of methoxy groups -OCH3 is 1. The molecule has 0 aliphatic rings. The molecule has 0 saturated carbocycles. The molecule has 4 nitrogen and oxygen atoms in total. The van der Waals surface area contributed by atoms with Crippen LogP contribution < -0.4 is 0 Å². The van der Waals surface area contributed by atoms with Crippen LogP contribution >= 0.6 is 0 Å². The quantitative estimate of drug-likeness (QED) is 0.659. The second-order valence-electron chi connectivity index (χ2n) is 5.60. The third-order valence-electron chi connectivity index (χ3n) is 3.71. The Bertz CT molecular complexity index is 459. The minimum Gasteiger partial charge on any atom is -0.469 e. The number of esters is 1. The van der Waals surface area contributed by atoms with Gasteiger partial charge in [0.25, 0.3) is 0 Å². The Labute approximate surface area is 133 Å². The molecule has 1 rings (SSSR count). The van der Waals surface area contributed by atoms with Gasteiger partial charge in [0.1, 0.15) is 0 Å². The number of hydrogen-bond acceptors (Lipinski definition) is 3. The zero-order chi connectivity index (χ0) is 16.4. The summed E-state index contributed by atoms with van der Waals surface area (Å²) < 4.78 is 4.76. The summed E-state index contributed by atoms with van der Waals surface area (Å²) in [6, 6.07) is 10.1. The van der Waals surface area contributed by atoms with Crippen LogP contribution in [0.15, 0.2) is 30.3 Å². The van der Waals surface area contributed by atoms with Crippen LogP contribution in [-0.4, -0.2) is 37.0 Å². The van der Waals surface area contributed by atoms with E-state index in [1.165, 1.54) is 12.7 Å². The largest absolute Gasteiger partial charge is 0.469 e. The fourth-order valence-corrected chi connectivity index (χ4v) is 2.32. The first-order valence-electron chi connectivity index (χ1n) is 7.98. The molecular formula is C18H27NO3. The first-order chi connectivity index (χ1) is 10.6. The van der Waals surface area contributed by atoms with Crippen molar-refractivity contribution in [3.05, 3.63) is 35.9 Å². The van der Waals surface area contributed by atoms with Gasteiger partial charge in [-0.1, -0.05) is 50.6 Å². The summed E-state index contributed by atoms with van der Waals surface area (Å²) in [6.45, 7) is 4.92. The summed E-state index contributed by atoms with van der Waals surface area (Å²) in [6.07, 6.45) is 3.21. The fraction of sp³-hybridized carbons (Fsp3) is 0.556. The second kappa shape index (κ2) is 9.98. The summed E-state index contributed by atoms with van der Waals surface area (Å²) in [4.78, 5) is 25.7. The van der Waals surface area contributed by atoms with E-state index in [1.807, 2.05) is 18.2 Å². The molecule has 0 aromatic heterocycles. The predicted octanol–water partition coefficient (Wildman–Crippen LogP) is 3.06. The minimum atomic E-state index is -0.300. The van der Waals surface area contributed by atoms with E-state index in [0.717, 1.165) is 19.3 Å². The van der Waals surface area contributed by atoms with Crippen molar-refractivity contribution in [2.75, 3.05) is 20.2 Å². The van der Waals surface area contributed by atoms with Gasteiger partial charge in [-0.05, 0) is 18.4 Å². The highest BCUT2D eigenvalue weighted by molar-refractivity contribution is 5.78. The van der Waals surface area contributed by atoms with Crippen molar-refractivity contribution < 1.29 is 14.3 Å². The molecule has 4 heteroatoms. The summed E-state index contributed by atoms with van der Waals surface area (Å²) in [5.74, 6) is -0.451. The molecule has 1 amide bonds. The maximum absolute atomic E-state index is 12.3. The average molecular weight is 305 g/mol. The Morgan fingerprint density at radius 1 is 1.23 bits per heavy atom. The van der Waals surface area contributed by atoms with Crippen LogP contribution in [0.25, 0.3) is 0 Å². The smallest absolute Gasteiger partial charge is 0.310 e. The van der Waals surface area contributed by atoms with Crippen molar-refractivity contribution >= 4 is 11.9 Å². The Balaban J connectivity index is 2.64. The SMILES string of the molecule is CCCCC(=O)N(CCc1ccccc1)CC(C)C(=O)OC. The van der Waals surface area contributed by atoms with Crippen LogP contribution in [0.2, 0.25) is 0 Å². The topological polar surface area (TPSA) is 46.6 Å². The van der Waals surface area contributed by atoms with Crippen molar-refractivity contribution in [1.82, 2.24) is 4.90 Å². The number of carbonyl (C=O) groups excluding carboxylic acids is 2.